The monoisotopic (exact) mass is 259 g/mol. The van der Waals surface area contributed by atoms with Crippen LogP contribution in [0, 0.1) is 5.92 Å². The highest BCUT2D eigenvalue weighted by molar-refractivity contribution is 8.06. The van der Waals surface area contributed by atoms with E-state index in [0.717, 1.165) is 17.2 Å². The summed E-state index contributed by atoms with van der Waals surface area (Å²) in [5.74, 6) is 5.04. The Bertz CT molecular complexity index is 192. The first-order valence-electron chi connectivity index (χ1n) is 6.83. The molecule has 0 spiro atoms. The molecule has 0 amide bonds. The maximum absolute atomic E-state index is 3.86. The van der Waals surface area contributed by atoms with Crippen LogP contribution in [0.4, 0.5) is 0 Å². The quantitative estimate of drug-likeness (QED) is 0.831. The van der Waals surface area contributed by atoms with E-state index in [9.17, 15) is 0 Å². The predicted molar refractivity (Wildman–Crippen MR) is 77.6 cm³/mol. The third-order valence-electron chi connectivity index (χ3n) is 3.93. The van der Waals surface area contributed by atoms with Gasteiger partial charge in [-0.3, -0.25) is 0 Å². The summed E-state index contributed by atoms with van der Waals surface area (Å²) in [5.41, 5.74) is 0. The molecule has 1 aliphatic carbocycles. The lowest BCUT2D eigenvalue weighted by molar-refractivity contribution is 0.257. The van der Waals surface area contributed by atoms with Crippen molar-refractivity contribution in [3.8, 4) is 0 Å². The number of rotatable bonds is 4. The molecule has 3 heteroatoms. The highest BCUT2D eigenvalue weighted by Gasteiger charge is 2.24. The van der Waals surface area contributed by atoms with Gasteiger partial charge in [-0.25, -0.2) is 0 Å². The first kappa shape index (κ1) is 13.1. The van der Waals surface area contributed by atoms with Crippen LogP contribution in [0.3, 0.4) is 0 Å². The summed E-state index contributed by atoms with van der Waals surface area (Å²) in [6.07, 6.45) is 7.15. The van der Waals surface area contributed by atoms with Crippen LogP contribution in [0.2, 0.25) is 0 Å². The van der Waals surface area contributed by atoms with Gasteiger partial charge in [-0.15, -0.1) is 0 Å². The molecule has 3 atom stereocenters. The van der Waals surface area contributed by atoms with E-state index in [0.29, 0.717) is 0 Å². The van der Waals surface area contributed by atoms with E-state index in [2.05, 4.69) is 35.8 Å². The minimum atomic E-state index is 0.825. The third kappa shape index (κ3) is 3.85. The lowest BCUT2D eigenvalue weighted by Crippen LogP contribution is -2.42. The summed E-state index contributed by atoms with van der Waals surface area (Å²) in [6.45, 7) is 3.61. The normalized spacial score (nSPS) is 36.2. The van der Waals surface area contributed by atoms with Gasteiger partial charge in [0.25, 0.3) is 0 Å². The number of hydrogen-bond donors (Lipinski definition) is 1. The number of nitrogens with one attached hydrogen (secondary N) is 1. The van der Waals surface area contributed by atoms with Crippen LogP contribution in [-0.4, -0.2) is 35.1 Å². The molecule has 0 bridgehead atoms. The fourth-order valence-electron chi connectivity index (χ4n) is 2.90. The van der Waals surface area contributed by atoms with Gasteiger partial charge in [0.1, 0.15) is 0 Å². The van der Waals surface area contributed by atoms with Crippen molar-refractivity contribution in [3.63, 3.8) is 0 Å². The Morgan fingerprint density at radius 3 is 2.81 bits per heavy atom. The van der Waals surface area contributed by atoms with Gasteiger partial charge in [0.15, 0.2) is 0 Å². The van der Waals surface area contributed by atoms with Gasteiger partial charge in [0, 0.05) is 35.1 Å². The standard InChI is InChI=1S/C13H25NS2/c1-2-11-5-3-4-6-13(11)14-9-12-10-15-7-8-16-12/h11-14H,2-10H2,1H3. The zero-order chi connectivity index (χ0) is 11.2. The van der Waals surface area contributed by atoms with Gasteiger partial charge in [-0.2, -0.15) is 23.5 Å². The zero-order valence-corrected chi connectivity index (χ0v) is 12.0. The van der Waals surface area contributed by atoms with Gasteiger partial charge < -0.3 is 5.32 Å². The van der Waals surface area contributed by atoms with E-state index < -0.39 is 0 Å². The van der Waals surface area contributed by atoms with Crippen LogP contribution in [0.5, 0.6) is 0 Å². The van der Waals surface area contributed by atoms with Gasteiger partial charge in [0.2, 0.25) is 0 Å². The highest BCUT2D eigenvalue weighted by atomic mass is 32.2. The van der Waals surface area contributed by atoms with Crippen molar-refractivity contribution in [1.82, 2.24) is 5.32 Å². The molecule has 0 aromatic carbocycles. The topological polar surface area (TPSA) is 12.0 Å². The van der Waals surface area contributed by atoms with Crippen LogP contribution in [0.25, 0.3) is 0 Å². The van der Waals surface area contributed by atoms with Crippen molar-refractivity contribution < 1.29 is 0 Å². The minimum Gasteiger partial charge on any atom is -0.313 e. The van der Waals surface area contributed by atoms with E-state index in [1.165, 1.54) is 55.9 Å². The number of thioether (sulfide) groups is 2. The van der Waals surface area contributed by atoms with Crippen LogP contribution in [0.15, 0.2) is 0 Å². The molecule has 2 rings (SSSR count). The lowest BCUT2D eigenvalue weighted by atomic mass is 9.83. The Balaban J connectivity index is 1.70. The summed E-state index contributed by atoms with van der Waals surface area (Å²) in [6, 6.07) is 0.825. The van der Waals surface area contributed by atoms with Crippen LogP contribution < -0.4 is 5.32 Å². The molecule has 1 N–H and O–H groups in total. The van der Waals surface area contributed by atoms with E-state index >= 15 is 0 Å². The molecule has 0 aromatic heterocycles. The molecule has 0 radical (unpaired) electrons. The zero-order valence-electron chi connectivity index (χ0n) is 10.4. The average molecular weight is 259 g/mol. The molecule has 3 unspecified atom stereocenters. The van der Waals surface area contributed by atoms with E-state index in [-0.39, 0.29) is 0 Å². The summed E-state index contributed by atoms with van der Waals surface area (Å²) < 4.78 is 0. The molecule has 1 saturated carbocycles. The molecular weight excluding hydrogens is 234 g/mol. The van der Waals surface area contributed by atoms with Crippen molar-refractivity contribution in [2.24, 2.45) is 5.92 Å². The first-order valence-corrected chi connectivity index (χ1v) is 9.03. The Kier molecular flexibility index (Phi) is 5.87. The van der Waals surface area contributed by atoms with Gasteiger partial charge in [0.05, 0.1) is 0 Å². The van der Waals surface area contributed by atoms with Gasteiger partial charge in [-0.05, 0) is 18.8 Å². The molecule has 0 aromatic rings. The van der Waals surface area contributed by atoms with E-state index in [1.807, 2.05) is 0 Å². The van der Waals surface area contributed by atoms with E-state index in [1.54, 1.807) is 0 Å². The highest BCUT2D eigenvalue weighted by Crippen LogP contribution is 2.28. The van der Waals surface area contributed by atoms with Crippen LogP contribution >= 0.6 is 23.5 Å². The minimum absolute atomic E-state index is 0.825. The molecule has 16 heavy (non-hydrogen) atoms. The summed E-state index contributed by atoms with van der Waals surface area (Å²) in [5, 5.41) is 4.73. The van der Waals surface area contributed by atoms with Gasteiger partial charge >= 0.3 is 0 Å². The summed E-state index contributed by atoms with van der Waals surface area (Å²) in [4.78, 5) is 0. The Morgan fingerprint density at radius 1 is 1.19 bits per heavy atom. The molecule has 1 nitrogen and oxygen atoms in total. The Morgan fingerprint density at radius 2 is 2.06 bits per heavy atom. The number of hydrogen-bond acceptors (Lipinski definition) is 3. The molecule has 2 aliphatic rings. The Hall–Kier alpha value is 0.660. The molecular formula is C13H25NS2. The average Bonchev–Trinajstić information content (AvgIpc) is 2.38. The smallest absolute Gasteiger partial charge is 0.0263 e. The molecule has 1 aliphatic heterocycles. The second-order valence-electron chi connectivity index (χ2n) is 5.04. The van der Waals surface area contributed by atoms with Crippen molar-refractivity contribution in [3.05, 3.63) is 0 Å². The van der Waals surface area contributed by atoms with Crippen LogP contribution in [-0.2, 0) is 0 Å². The second kappa shape index (κ2) is 7.17. The SMILES string of the molecule is CCC1CCCCC1NCC1CSCCS1. The van der Waals surface area contributed by atoms with Crippen LogP contribution in [0.1, 0.15) is 39.0 Å². The lowest BCUT2D eigenvalue weighted by Gasteiger charge is -2.33. The molecule has 94 valence electrons. The Labute approximate surface area is 109 Å². The fourth-order valence-corrected chi connectivity index (χ4v) is 5.53. The maximum Gasteiger partial charge on any atom is 0.0263 e. The predicted octanol–water partition coefficient (Wildman–Crippen LogP) is 3.39. The molecule has 2 fully saturated rings. The van der Waals surface area contributed by atoms with Crippen molar-refractivity contribution >= 4 is 23.5 Å². The van der Waals surface area contributed by atoms with Crippen molar-refractivity contribution in [2.45, 2.75) is 50.3 Å². The largest absolute Gasteiger partial charge is 0.313 e. The molecule has 1 saturated heterocycles. The molecule has 1 heterocycles. The maximum atomic E-state index is 3.86. The van der Waals surface area contributed by atoms with Crippen molar-refractivity contribution in [1.29, 1.82) is 0 Å². The fraction of sp³-hybridized carbons (Fsp3) is 1.00. The van der Waals surface area contributed by atoms with Gasteiger partial charge in [-0.1, -0.05) is 26.2 Å². The first-order chi connectivity index (χ1) is 7.90. The summed E-state index contributed by atoms with van der Waals surface area (Å²) >= 11 is 4.31. The third-order valence-corrected chi connectivity index (χ3v) is 6.77. The summed E-state index contributed by atoms with van der Waals surface area (Å²) in [7, 11) is 0. The van der Waals surface area contributed by atoms with Crippen molar-refractivity contribution in [2.75, 3.05) is 23.8 Å². The second-order valence-corrected chi connectivity index (χ2v) is 7.59. The van der Waals surface area contributed by atoms with E-state index in [4.69, 9.17) is 0 Å².